The molecule has 0 aromatic heterocycles. The molecule has 0 aliphatic carbocycles. The van der Waals surface area contributed by atoms with Crippen molar-refractivity contribution in [1.29, 1.82) is 5.26 Å². The highest BCUT2D eigenvalue weighted by atomic mass is 32.2. The van der Waals surface area contributed by atoms with E-state index in [-0.39, 0.29) is 30.2 Å². The highest BCUT2D eigenvalue weighted by molar-refractivity contribution is 7.99. The van der Waals surface area contributed by atoms with Gasteiger partial charge < -0.3 is 20.1 Å². The summed E-state index contributed by atoms with van der Waals surface area (Å²) >= 11 is 1.22. The molecule has 2 N–H and O–H groups in total. The second kappa shape index (κ2) is 9.64. The molecular weight excluding hydrogens is 370 g/mol. The van der Waals surface area contributed by atoms with Crippen LogP contribution < -0.4 is 10.6 Å². The van der Waals surface area contributed by atoms with Crippen molar-refractivity contribution in [3.63, 3.8) is 0 Å². The molecule has 9 heteroatoms. The van der Waals surface area contributed by atoms with Crippen LogP contribution in [0.25, 0.3) is 0 Å². The topological polar surface area (TPSA) is 118 Å². The monoisotopic (exact) mass is 389 g/mol. The molecule has 1 atom stereocenters. The Labute approximate surface area is 160 Å². The molecule has 0 radical (unpaired) electrons. The largest absolute Gasteiger partial charge is 0.463 e. The number of nitrogens with one attached hydrogen (secondary N) is 2. The molecule has 1 aromatic carbocycles. The predicted molar refractivity (Wildman–Crippen MR) is 97.8 cm³/mol. The molecule has 0 spiro atoms. The van der Waals surface area contributed by atoms with Crippen molar-refractivity contribution in [1.82, 2.24) is 10.6 Å². The molecule has 0 bridgehead atoms. The lowest BCUT2D eigenvalue weighted by Gasteiger charge is -2.26. The Bertz CT molecular complexity index is 815. The normalized spacial score (nSPS) is 16.0. The molecule has 1 aromatic rings. The summed E-state index contributed by atoms with van der Waals surface area (Å²) in [6.07, 6.45) is 0. The van der Waals surface area contributed by atoms with Crippen LogP contribution in [0.4, 0.5) is 4.79 Å². The van der Waals surface area contributed by atoms with Crippen LogP contribution in [0.3, 0.4) is 0 Å². The molecular formula is C18H19N3O5S. The Morgan fingerprint density at radius 3 is 2.70 bits per heavy atom. The first-order chi connectivity index (χ1) is 13.0. The Hall–Kier alpha value is -2.99. The number of carbonyl (C=O) groups is 3. The molecule has 142 valence electrons. The SMILES string of the molecule is CCOC(=O)C1=C(COC(=O)c2ccccc2SCC#N)NC(=O)NC1C. The van der Waals surface area contributed by atoms with E-state index in [9.17, 15) is 14.4 Å². The van der Waals surface area contributed by atoms with Crippen molar-refractivity contribution in [3.05, 3.63) is 41.1 Å². The van der Waals surface area contributed by atoms with E-state index in [0.717, 1.165) is 0 Å². The van der Waals surface area contributed by atoms with Crippen LogP contribution in [0.15, 0.2) is 40.4 Å². The summed E-state index contributed by atoms with van der Waals surface area (Å²) in [5.41, 5.74) is 0.695. The summed E-state index contributed by atoms with van der Waals surface area (Å²) < 4.78 is 10.3. The van der Waals surface area contributed by atoms with Gasteiger partial charge in [-0.15, -0.1) is 11.8 Å². The Morgan fingerprint density at radius 1 is 1.26 bits per heavy atom. The van der Waals surface area contributed by atoms with Gasteiger partial charge in [0.05, 0.1) is 41.3 Å². The first-order valence-corrected chi connectivity index (χ1v) is 9.20. The number of thioether (sulfide) groups is 1. The van der Waals surface area contributed by atoms with Crippen molar-refractivity contribution < 1.29 is 23.9 Å². The number of carbonyl (C=O) groups excluding carboxylic acids is 3. The Morgan fingerprint density at radius 2 is 2.00 bits per heavy atom. The number of hydrogen-bond donors (Lipinski definition) is 2. The number of rotatable bonds is 7. The highest BCUT2D eigenvalue weighted by Gasteiger charge is 2.30. The third-order valence-corrected chi connectivity index (χ3v) is 4.55. The highest BCUT2D eigenvalue weighted by Crippen LogP contribution is 2.23. The molecule has 0 saturated carbocycles. The summed E-state index contributed by atoms with van der Waals surface area (Å²) in [7, 11) is 0. The molecule has 1 aliphatic heterocycles. The van der Waals surface area contributed by atoms with E-state index in [0.29, 0.717) is 10.5 Å². The lowest BCUT2D eigenvalue weighted by molar-refractivity contribution is -0.139. The number of benzene rings is 1. The molecule has 0 fully saturated rings. The predicted octanol–water partition coefficient (Wildman–Crippen LogP) is 1.98. The van der Waals surface area contributed by atoms with E-state index in [1.807, 2.05) is 6.07 Å². The lowest BCUT2D eigenvalue weighted by atomic mass is 10.0. The van der Waals surface area contributed by atoms with Gasteiger partial charge in [0.2, 0.25) is 0 Å². The van der Waals surface area contributed by atoms with Gasteiger partial charge in [-0.25, -0.2) is 14.4 Å². The molecule has 2 rings (SSSR count). The van der Waals surface area contributed by atoms with Crippen molar-refractivity contribution >= 4 is 29.7 Å². The van der Waals surface area contributed by atoms with Crippen LogP contribution in [0.2, 0.25) is 0 Å². The molecule has 27 heavy (non-hydrogen) atoms. The average Bonchev–Trinajstić information content (AvgIpc) is 2.64. The maximum Gasteiger partial charge on any atom is 0.339 e. The zero-order valence-corrected chi connectivity index (χ0v) is 15.7. The van der Waals surface area contributed by atoms with E-state index in [4.69, 9.17) is 14.7 Å². The van der Waals surface area contributed by atoms with Gasteiger partial charge in [-0.05, 0) is 26.0 Å². The Kier molecular flexibility index (Phi) is 7.25. The molecule has 8 nitrogen and oxygen atoms in total. The number of amides is 2. The first-order valence-electron chi connectivity index (χ1n) is 8.21. The first kappa shape index (κ1) is 20.3. The summed E-state index contributed by atoms with van der Waals surface area (Å²) in [5, 5.41) is 13.8. The zero-order chi connectivity index (χ0) is 19.8. The summed E-state index contributed by atoms with van der Waals surface area (Å²) in [5.74, 6) is -1.01. The van der Waals surface area contributed by atoms with Crippen molar-refractivity contribution in [2.75, 3.05) is 19.0 Å². The van der Waals surface area contributed by atoms with Gasteiger partial charge in [0.1, 0.15) is 6.61 Å². The third kappa shape index (κ3) is 5.24. The Balaban J connectivity index is 2.19. The minimum Gasteiger partial charge on any atom is -0.463 e. The van der Waals surface area contributed by atoms with E-state index in [1.165, 1.54) is 11.8 Å². The van der Waals surface area contributed by atoms with Crippen LogP contribution >= 0.6 is 11.8 Å². The second-order valence-electron chi connectivity index (χ2n) is 5.45. The van der Waals surface area contributed by atoms with Crippen LogP contribution in [-0.2, 0) is 14.3 Å². The van der Waals surface area contributed by atoms with Gasteiger partial charge in [-0.3, -0.25) is 0 Å². The molecule has 1 heterocycles. The fourth-order valence-corrected chi connectivity index (χ4v) is 3.18. The number of urea groups is 1. The van der Waals surface area contributed by atoms with Gasteiger partial charge in [-0.2, -0.15) is 5.26 Å². The lowest BCUT2D eigenvalue weighted by Crippen LogP contribution is -2.50. The van der Waals surface area contributed by atoms with Crippen LogP contribution in [-0.4, -0.2) is 43.0 Å². The summed E-state index contributed by atoms with van der Waals surface area (Å²) in [4.78, 5) is 36.9. The fourth-order valence-electron chi connectivity index (χ4n) is 2.48. The van der Waals surface area contributed by atoms with Crippen molar-refractivity contribution in [2.45, 2.75) is 24.8 Å². The van der Waals surface area contributed by atoms with E-state index < -0.39 is 24.0 Å². The van der Waals surface area contributed by atoms with Gasteiger partial charge in [0.15, 0.2) is 0 Å². The molecule has 0 saturated heterocycles. The third-order valence-electron chi connectivity index (χ3n) is 3.61. The summed E-state index contributed by atoms with van der Waals surface area (Å²) in [6.45, 7) is 3.20. The average molecular weight is 389 g/mol. The zero-order valence-electron chi connectivity index (χ0n) is 14.9. The maximum absolute atomic E-state index is 12.5. The minimum absolute atomic E-state index is 0.180. The van der Waals surface area contributed by atoms with E-state index in [1.54, 1.807) is 38.1 Å². The molecule has 1 aliphatic rings. The van der Waals surface area contributed by atoms with Crippen molar-refractivity contribution in [2.24, 2.45) is 0 Å². The van der Waals surface area contributed by atoms with Crippen molar-refractivity contribution in [3.8, 4) is 6.07 Å². The van der Waals surface area contributed by atoms with Gasteiger partial charge in [0.25, 0.3) is 0 Å². The van der Waals surface area contributed by atoms with Crippen LogP contribution in [0, 0.1) is 11.3 Å². The molecule has 1 unspecified atom stereocenters. The van der Waals surface area contributed by atoms with Gasteiger partial charge >= 0.3 is 18.0 Å². The summed E-state index contributed by atoms with van der Waals surface area (Å²) in [6, 6.07) is 7.68. The quantitative estimate of drug-likeness (QED) is 0.541. The standard InChI is InChI=1S/C18H19N3O5S/c1-3-25-17(23)15-11(2)20-18(24)21-13(15)10-26-16(22)12-6-4-5-7-14(12)27-9-8-19/h4-7,11H,3,9-10H2,1-2H3,(H2,20,21,24). The van der Waals surface area contributed by atoms with E-state index in [2.05, 4.69) is 10.6 Å². The second-order valence-corrected chi connectivity index (χ2v) is 6.47. The smallest absolute Gasteiger partial charge is 0.339 e. The minimum atomic E-state index is -0.618. The number of ether oxygens (including phenoxy) is 2. The van der Waals surface area contributed by atoms with Gasteiger partial charge in [-0.1, -0.05) is 12.1 Å². The maximum atomic E-state index is 12.5. The number of nitriles is 1. The fraction of sp³-hybridized carbons (Fsp3) is 0.333. The number of esters is 2. The van der Waals surface area contributed by atoms with Gasteiger partial charge in [0, 0.05) is 4.90 Å². The molecule has 2 amide bonds. The van der Waals surface area contributed by atoms with Crippen LogP contribution in [0.1, 0.15) is 24.2 Å². The number of hydrogen-bond acceptors (Lipinski definition) is 7. The van der Waals surface area contributed by atoms with Crippen LogP contribution in [0.5, 0.6) is 0 Å². The number of nitrogens with zero attached hydrogens (tertiary/aromatic N) is 1. The van der Waals surface area contributed by atoms with E-state index >= 15 is 0 Å².